The van der Waals surface area contributed by atoms with Crippen molar-refractivity contribution in [2.24, 2.45) is 0 Å². The summed E-state index contributed by atoms with van der Waals surface area (Å²) in [5, 5.41) is 11.3. The van der Waals surface area contributed by atoms with Crippen molar-refractivity contribution in [3.05, 3.63) is 59.4 Å². The van der Waals surface area contributed by atoms with E-state index in [1.54, 1.807) is 29.8 Å². The Morgan fingerprint density at radius 3 is 2.91 bits per heavy atom. The number of aliphatic carboxylic acids is 1. The Balaban J connectivity index is 2.26. The monoisotopic (exact) mass is 327 g/mol. The van der Waals surface area contributed by atoms with E-state index >= 15 is 0 Å². The Labute approximate surface area is 137 Å². The number of hydrogen-bond acceptors (Lipinski definition) is 4. The number of carbonyl (C=O) groups excluding carboxylic acids is 1. The Bertz CT molecular complexity index is 915. The van der Waals surface area contributed by atoms with Gasteiger partial charge >= 0.3 is 0 Å². The number of rotatable bonds is 4. The number of methoxy groups -OCH3 is 1. The lowest BCUT2D eigenvalue weighted by Gasteiger charge is -2.04. The van der Waals surface area contributed by atoms with E-state index in [1.165, 1.54) is 6.08 Å². The molecule has 0 aliphatic heterocycles. The number of hydrogen-bond donors (Lipinski definition) is 0. The summed E-state index contributed by atoms with van der Waals surface area (Å²) in [5.41, 5.74) is 2.69. The first-order valence-electron chi connectivity index (χ1n) is 6.79. The van der Waals surface area contributed by atoms with Crippen molar-refractivity contribution >= 4 is 29.3 Å². The largest absolute Gasteiger partial charge is 0.545 e. The quantitative estimate of drug-likeness (QED) is 0.690. The fourth-order valence-corrected chi connectivity index (χ4v) is 2.49. The molecule has 2 aromatic heterocycles. The maximum atomic E-state index is 10.8. The van der Waals surface area contributed by atoms with Crippen LogP contribution in [-0.2, 0) is 4.79 Å². The van der Waals surface area contributed by atoms with Gasteiger partial charge in [0.05, 0.1) is 29.5 Å². The first-order chi connectivity index (χ1) is 11.1. The fraction of sp³-hybridized carbons (Fsp3) is 0.0588. The molecule has 116 valence electrons. The van der Waals surface area contributed by atoms with Gasteiger partial charge in [0.15, 0.2) is 0 Å². The van der Waals surface area contributed by atoms with E-state index < -0.39 is 5.97 Å². The molecule has 0 spiro atoms. The molecule has 3 rings (SSSR count). The second-order valence-corrected chi connectivity index (χ2v) is 5.24. The number of carboxylic acid groups (broad SMARTS) is 1. The molecule has 0 fully saturated rings. The second kappa shape index (κ2) is 6.14. The average Bonchev–Trinajstić information content (AvgIpc) is 2.90. The maximum absolute atomic E-state index is 10.8. The molecule has 23 heavy (non-hydrogen) atoms. The molecule has 0 aliphatic carbocycles. The van der Waals surface area contributed by atoms with Crippen molar-refractivity contribution in [3.8, 4) is 17.0 Å². The molecular formula is C17H12ClN2O3-. The molecule has 0 unspecified atom stereocenters. The van der Waals surface area contributed by atoms with Crippen LogP contribution < -0.4 is 9.84 Å². The van der Waals surface area contributed by atoms with Gasteiger partial charge in [0.2, 0.25) is 0 Å². The summed E-state index contributed by atoms with van der Waals surface area (Å²) in [7, 11) is 1.58. The molecular weight excluding hydrogens is 316 g/mol. The van der Waals surface area contributed by atoms with Crippen molar-refractivity contribution in [1.82, 2.24) is 9.38 Å². The molecule has 0 amide bonds. The molecule has 0 radical (unpaired) electrons. The van der Waals surface area contributed by atoms with E-state index in [-0.39, 0.29) is 0 Å². The van der Waals surface area contributed by atoms with E-state index in [9.17, 15) is 9.90 Å². The van der Waals surface area contributed by atoms with Crippen molar-refractivity contribution in [2.75, 3.05) is 7.11 Å². The van der Waals surface area contributed by atoms with Crippen LogP contribution in [0.4, 0.5) is 0 Å². The summed E-state index contributed by atoms with van der Waals surface area (Å²) >= 11 is 6.03. The normalized spacial score (nSPS) is 11.2. The predicted octanol–water partition coefficient (Wildman–Crippen LogP) is 2.43. The van der Waals surface area contributed by atoms with Crippen LogP contribution in [0.15, 0.2) is 48.7 Å². The number of aromatic nitrogens is 2. The number of imidazole rings is 1. The third-order valence-corrected chi connectivity index (χ3v) is 3.56. The van der Waals surface area contributed by atoms with Crippen molar-refractivity contribution in [1.29, 1.82) is 0 Å². The summed E-state index contributed by atoms with van der Waals surface area (Å²) in [5.74, 6) is -0.592. The molecule has 0 aliphatic rings. The van der Waals surface area contributed by atoms with Crippen LogP contribution in [0.3, 0.4) is 0 Å². The van der Waals surface area contributed by atoms with Gasteiger partial charge in [-0.2, -0.15) is 0 Å². The summed E-state index contributed by atoms with van der Waals surface area (Å²) in [6, 6.07) is 10.9. The van der Waals surface area contributed by atoms with Gasteiger partial charge < -0.3 is 14.6 Å². The lowest BCUT2D eigenvalue weighted by atomic mass is 10.1. The van der Waals surface area contributed by atoms with Crippen LogP contribution in [-0.4, -0.2) is 22.5 Å². The van der Waals surface area contributed by atoms with Crippen LogP contribution in [0, 0.1) is 0 Å². The Hall–Kier alpha value is -2.79. The Morgan fingerprint density at radius 1 is 1.35 bits per heavy atom. The number of pyridine rings is 1. The fourth-order valence-electron chi connectivity index (χ4n) is 2.33. The minimum absolute atomic E-state index is 0.523. The standard InChI is InChI=1S/C17H13ClN2O3/c1-23-13-4-2-3-11(9-13)17-14(6-8-16(21)22)20-10-12(18)5-7-15(20)19-17/h2-10H,1H3,(H,21,22)/p-1/b8-6+. The van der Waals surface area contributed by atoms with Crippen LogP contribution in [0.1, 0.15) is 5.69 Å². The molecule has 0 bridgehead atoms. The van der Waals surface area contributed by atoms with Gasteiger partial charge in [-0.1, -0.05) is 23.7 Å². The Kier molecular flexibility index (Phi) is 4.04. The van der Waals surface area contributed by atoms with Crippen molar-refractivity contribution < 1.29 is 14.6 Å². The highest BCUT2D eigenvalue weighted by atomic mass is 35.5. The predicted molar refractivity (Wildman–Crippen MR) is 86.2 cm³/mol. The highest BCUT2D eigenvalue weighted by Gasteiger charge is 2.13. The molecule has 1 aromatic carbocycles. The van der Waals surface area contributed by atoms with E-state index in [1.807, 2.05) is 24.3 Å². The molecule has 0 N–H and O–H groups in total. The summed E-state index contributed by atoms with van der Waals surface area (Å²) in [6.45, 7) is 0. The summed E-state index contributed by atoms with van der Waals surface area (Å²) in [6.07, 6.45) is 4.09. The maximum Gasteiger partial charge on any atom is 0.138 e. The van der Waals surface area contributed by atoms with E-state index in [0.29, 0.717) is 27.8 Å². The minimum atomic E-state index is -1.28. The van der Waals surface area contributed by atoms with E-state index in [2.05, 4.69) is 4.98 Å². The number of halogens is 1. The molecule has 6 heteroatoms. The smallest absolute Gasteiger partial charge is 0.138 e. The number of ether oxygens (including phenoxy) is 1. The first kappa shape index (κ1) is 15.1. The molecule has 0 saturated carbocycles. The van der Waals surface area contributed by atoms with E-state index in [4.69, 9.17) is 16.3 Å². The molecule has 0 saturated heterocycles. The SMILES string of the molecule is COc1cccc(-c2nc3ccc(Cl)cn3c2/C=C/C(=O)[O-])c1. The van der Waals surface area contributed by atoms with Crippen LogP contribution in [0.5, 0.6) is 5.75 Å². The molecule has 3 aromatic rings. The summed E-state index contributed by atoms with van der Waals surface area (Å²) in [4.78, 5) is 15.3. The molecule has 5 nitrogen and oxygen atoms in total. The number of nitrogens with zero attached hydrogens (tertiary/aromatic N) is 2. The highest BCUT2D eigenvalue weighted by Crippen LogP contribution is 2.29. The summed E-state index contributed by atoms with van der Waals surface area (Å²) < 4.78 is 6.96. The Morgan fingerprint density at radius 2 is 2.17 bits per heavy atom. The lowest BCUT2D eigenvalue weighted by Crippen LogP contribution is -2.18. The third kappa shape index (κ3) is 3.05. The lowest BCUT2D eigenvalue weighted by molar-refractivity contribution is -0.297. The van der Waals surface area contributed by atoms with Crippen molar-refractivity contribution in [3.63, 3.8) is 0 Å². The van der Waals surface area contributed by atoms with Gasteiger partial charge in [-0.05, 0) is 36.4 Å². The van der Waals surface area contributed by atoms with Crippen LogP contribution in [0.25, 0.3) is 23.0 Å². The van der Waals surface area contributed by atoms with Crippen molar-refractivity contribution in [2.45, 2.75) is 0 Å². The van der Waals surface area contributed by atoms with Gasteiger partial charge in [0.1, 0.15) is 11.4 Å². The van der Waals surface area contributed by atoms with Gasteiger partial charge in [0.25, 0.3) is 0 Å². The first-order valence-corrected chi connectivity index (χ1v) is 7.17. The van der Waals surface area contributed by atoms with Gasteiger partial charge in [-0.3, -0.25) is 4.40 Å². The van der Waals surface area contributed by atoms with Gasteiger partial charge in [-0.15, -0.1) is 0 Å². The number of benzene rings is 1. The molecule has 2 heterocycles. The van der Waals surface area contributed by atoms with Gasteiger partial charge in [-0.25, -0.2) is 4.98 Å². The number of fused-ring (bicyclic) bond motifs is 1. The van der Waals surface area contributed by atoms with Crippen LogP contribution >= 0.6 is 11.6 Å². The zero-order valence-corrected chi connectivity index (χ0v) is 12.9. The highest BCUT2D eigenvalue weighted by molar-refractivity contribution is 6.30. The minimum Gasteiger partial charge on any atom is -0.545 e. The zero-order valence-electron chi connectivity index (χ0n) is 12.2. The zero-order chi connectivity index (χ0) is 16.4. The average molecular weight is 328 g/mol. The number of carboxylic acids is 1. The molecule has 0 atom stereocenters. The topological polar surface area (TPSA) is 66.7 Å². The number of carbonyl (C=O) groups is 1. The van der Waals surface area contributed by atoms with Crippen LogP contribution in [0.2, 0.25) is 5.02 Å². The second-order valence-electron chi connectivity index (χ2n) is 4.81. The third-order valence-electron chi connectivity index (χ3n) is 3.34. The van der Waals surface area contributed by atoms with E-state index in [0.717, 1.165) is 11.6 Å². The van der Waals surface area contributed by atoms with Gasteiger partial charge in [0, 0.05) is 11.8 Å².